The maximum absolute atomic E-state index is 14.8. The number of imidazole rings is 1. The molecule has 0 amide bonds. The van der Waals surface area contributed by atoms with Crippen LogP contribution in [0.5, 0.6) is 17.2 Å². The van der Waals surface area contributed by atoms with Crippen molar-refractivity contribution in [3.63, 3.8) is 0 Å². The van der Waals surface area contributed by atoms with Crippen LogP contribution in [0.25, 0.3) is 0 Å². The number of ether oxygens (including phenoxy) is 3. The molecule has 3 aromatic rings. The lowest BCUT2D eigenvalue weighted by molar-refractivity contribution is 0.314. The molecule has 1 aromatic heterocycles. The third-order valence-corrected chi connectivity index (χ3v) is 7.47. The summed E-state index contributed by atoms with van der Waals surface area (Å²) >= 11 is 6.83. The molecule has 1 heterocycles. The average molecular weight is 580 g/mol. The minimum Gasteiger partial charge on any atom is -0.493 e. The minimum atomic E-state index is -0.702. The number of benzene rings is 2. The summed E-state index contributed by atoms with van der Waals surface area (Å²) in [6.07, 6.45) is 7.31. The normalized spacial score (nSPS) is 14.7. The number of aromatic nitrogens is 2. The van der Waals surface area contributed by atoms with E-state index in [1.165, 1.54) is 36.0 Å². The van der Waals surface area contributed by atoms with Crippen molar-refractivity contribution in [3.05, 3.63) is 77.8 Å². The number of hydrogen-bond donors (Lipinski definition) is 0. The molecule has 2 aromatic carbocycles. The first-order valence-corrected chi connectivity index (χ1v) is 13.7. The van der Waals surface area contributed by atoms with Gasteiger partial charge >= 0.3 is 0 Å². The van der Waals surface area contributed by atoms with Crippen LogP contribution in [0.4, 0.5) is 24.7 Å². The van der Waals surface area contributed by atoms with Crippen LogP contribution >= 0.6 is 23.4 Å². The number of allylic oxidation sites excluding steroid dienone is 4. The number of anilines is 2. The molecule has 0 aliphatic heterocycles. The molecule has 0 N–H and O–H groups in total. The van der Waals surface area contributed by atoms with Crippen molar-refractivity contribution in [1.82, 2.24) is 9.55 Å². The van der Waals surface area contributed by atoms with Crippen molar-refractivity contribution < 1.29 is 27.4 Å². The Bertz CT molecular complexity index is 1340. The fourth-order valence-electron chi connectivity index (χ4n) is 4.12. The van der Waals surface area contributed by atoms with Crippen molar-refractivity contribution in [2.45, 2.75) is 29.8 Å². The zero-order valence-electron chi connectivity index (χ0n) is 21.8. The standard InChI is InChI=1S/C28H29ClF3N3O3S/c1-34(20-9-10-25(36-2)26(13-20)37-3)27-16-33-28(35(27)19-7-5-18(30)6-8-19)39-17-22-23(31)14-21(15-24(22)32)38-12-4-11-29/h5-7,9-10,13-16,19H,4,8,11-12,17H2,1-3H3. The van der Waals surface area contributed by atoms with Gasteiger partial charge in [0.05, 0.1) is 33.1 Å². The predicted molar refractivity (Wildman–Crippen MR) is 149 cm³/mol. The Morgan fingerprint density at radius 2 is 1.85 bits per heavy atom. The van der Waals surface area contributed by atoms with Crippen LogP contribution in [0, 0.1) is 11.6 Å². The predicted octanol–water partition coefficient (Wildman–Crippen LogP) is 7.60. The smallest absolute Gasteiger partial charge is 0.170 e. The SMILES string of the molecule is COc1ccc(N(C)c2cnc(SCc3c(F)cc(OCCCCl)cc3F)n2C2C=CC(F)=CC2)cc1OC. The second-order valence-electron chi connectivity index (χ2n) is 8.66. The number of alkyl halides is 1. The van der Waals surface area contributed by atoms with E-state index in [1.54, 1.807) is 32.6 Å². The summed E-state index contributed by atoms with van der Waals surface area (Å²) in [5.74, 6) is 0.654. The molecule has 1 aliphatic carbocycles. The highest BCUT2D eigenvalue weighted by atomic mass is 35.5. The van der Waals surface area contributed by atoms with Crippen molar-refractivity contribution in [3.8, 4) is 17.2 Å². The summed E-state index contributed by atoms with van der Waals surface area (Å²) in [6.45, 7) is 0.272. The number of methoxy groups -OCH3 is 2. The highest BCUT2D eigenvalue weighted by molar-refractivity contribution is 7.98. The summed E-state index contributed by atoms with van der Waals surface area (Å²) in [5.41, 5.74) is 0.716. The molecule has 208 valence electrons. The Hall–Kier alpha value is -3.24. The van der Waals surface area contributed by atoms with E-state index < -0.39 is 11.6 Å². The summed E-state index contributed by atoms with van der Waals surface area (Å²) in [6, 6.07) is 7.61. The van der Waals surface area contributed by atoms with Crippen LogP contribution in [-0.4, -0.2) is 43.3 Å². The average Bonchev–Trinajstić information content (AvgIpc) is 3.36. The Kier molecular flexibility index (Phi) is 9.74. The molecule has 39 heavy (non-hydrogen) atoms. The van der Waals surface area contributed by atoms with Crippen molar-refractivity contribution >= 4 is 34.9 Å². The van der Waals surface area contributed by atoms with E-state index in [1.807, 2.05) is 28.6 Å². The van der Waals surface area contributed by atoms with Crippen molar-refractivity contribution in [2.75, 3.05) is 38.7 Å². The maximum atomic E-state index is 14.8. The summed E-state index contributed by atoms with van der Waals surface area (Å²) in [4.78, 5) is 6.49. The lowest BCUT2D eigenvalue weighted by Gasteiger charge is -2.26. The molecule has 0 spiro atoms. The number of thioether (sulfide) groups is 1. The van der Waals surface area contributed by atoms with E-state index >= 15 is 0 Å². The van der Waals surface area contributed by atoms with Crippen molar-refractivity contribution in [2.24, 2.45) is 0 Å². The highest BCUT2D eigenvalue weighted by Crippen LogP contribution is 2.39. The minimum absolute atomic E-state index is 0.00319. The first-order valence-electron chi connectivity index (χ1n) is 12.2. The third kappa shape index (κ3) is 6.67. The molecule has 0 fully saturated rings. The molecule has 0 bridgehead atoms. The quantitative estimate of drug-likeness (QED) is 0.125. The molecule has 1 aliphatic rings. The van der Waals surface area contributed by atoms with E-state index in [0.717, 1.165) is 5.69 Å². The van der Waals surface area contributed by atoms with Crippen LogP contribution in [0.1, 0.15) is 24.4 Å². The maximum Gasteiger partial charge on any atom is 0.170 e. The van der Waals surface area contributed by atoms with Gasteiger partial charge in [-0.05, 0) is 37.1 Å². The van der Waals surface area contributed by atoms with Gasteiger partial charge in [0.15, 0.2) is 16.7 Å². The van der Waals surface area contributed by atoms with Gasteiger partial charge in [0.25, 0.3) is 0 Å². The zero-order valence-corrected chi connectivity index (χ0v) is 23.4. The van der Waals surface area contributed by atoms with Gasteiger partial charge in [-0.15, -0.1) is 11.6 Å². The number of nitrogens with zero attached hydrogens (tertiary/aromatic N) is 3. The van der Waals surface area contributed by atoms with Gasteiger partial charge in [-0.1, -0.05) is 17.8 Å². The van der Waals surface area contributed by atoms with Gasteiger partial charge in [0.2, 0.25) is 0 Å². The van der Waals surface area contributed by atoms with E-state index in [0.29, 0.717) is 41.2 Å². The van der Waals surface area contributed by atoms with E-state index in [4.69, 9.17) is 25.8 Å². The zero-order chi connectivity index (χ0) is 27.9. The Labute approximate surface area is 235 Å². The second kappa shape index (κ2) is 13.2. The van der Waals surface area contributed by atoms with E-state index in [2.05, 4.69) is 4.98 Å². The summed E-state index contributed by atoms with van der Waals surface area (Å²) in [7, 11) is 5.00. The van der Waals surface area contributed by atoms with Gasteiger partial charge in [-0.2, -0.15) is 0 Å². The third-order valence-electron chi connectivity index (χ3n) is 6.21. The van der Waals surface area contributed by atoms with Crippen molar-refractivity contribution in [1.29, 1.82) is 0 Å². The molecule has 0 saturated heterocycles. The number of rotatable bonds is 12. The van der Waals surface area contributed by atoms with Gasteiger partial charge in [-0.25, -0.2) is 18.2 Å². The Morgan fingerprint density at radius 3 is 2.49 bits per heavy atom. The topological polar surface area (TPSA) is 48.8 Å². The first-order chi connectivity index (χ1) is 18.9. The van der Waals surface area contributed by atoms with Crippen LogP contribution < -0.4 is 19.1 Å². The largest absolute Gasteiger partial charge is 0.493 e. The van der Waals surface area contributed by atoms with Crippen LogP contribution in [-0.2, 0) is 5.75 Å². The fourth-order valence-corrected chi connectivity index (χ4v) is 5.28. The molecule has 1 atom stereocenters. The van der Waals surface area contributed by atoms with E-state index in [-0.39, 0.29) is 35.5 Å². The number of halogens is 4. The molecule has 1 unspecified atom stereocenters. The van der Waals surface area contributed by atoms with Crippen LogP contribution in [0.3, 0.4) is 0 Å². The van der Waals surface area contributed by atoms with Gasteiger partial charge in [-0.3, -0.25) is 4.57 Å². The molecular weight excluding hydrogens is 551 g/mol. The summed E-state index contributed by atoms with van der Waals surface area (Å²) < 4.78 is 61.5. The molecular formula is C28H29ClF3N3O3S. The molecule has 0 radical (unpaired) electrons. The molecule has 6 nitrogen and oxygen atoms in total. The summed E-state index contributed by atoms with van der Waals surface area (Å²) in [5, 5.41) is 0.531. The first kappa shape index (κ1) is 28.8. The molecule has 11 heteroatoms. The van der Waals surface area contributed by atoms with Crippen LogP contribution in [0.2, 0.25) is 0 Å². The molecule has 4 rings (SSSR count). The lowest BCUT2D eigenvalue weighted by atomic mass is 10.1. The highest BCUT2D eigenvalue weighted by Gasteiger charge is 2.23. The lowest BCUT2D eigenvalue weighted by Crippen LogP contribution is -2.18. The second-order valence-corrected chi connectivity index (χ2v) is 9.98. The monoisotopic (exact) mass is 579 g/mol. The Balaban J connectivity index is 1.63. The fraction of sp³-hybridized carbons (Fsp3) is 0.321. The Morgan fingerprint density at radius 1 is 1.10 bits per heavy atom. The van der Waals surface area contributed by atoms with Gasteiger partial charge in [0, 0.05) is 48.1 Å². The van der Waals surface area contributed by atoms with Crippen LogP contribution in [0.15, 0.2) is 65.7 Å². The van der Waals surface area contributed by atoms with Gasteiger partial charge in [0.1, 0.15) is 29.0 Å². The molecule has 0 saturated carbocycles. The van der Waals surface area contributed by atoms with Gasteiger partial charge < -0.3 is 19.1 Å². The van der Waals surface area contributed by atoms with E-state index in [9.17, 15) is 13.2 Å². The number of hydrogen-bond acceptors (Lipinski definition) is 6.